The highest BCUT2D eigenvalue weighted by atomic mass is 32.2. The molecule has 2 aromatic heterocycles. The second kappa shape index (κ2) is 7.98. The molecule has 2 heterocycles. The molecule has 0 radical (unpaired) electrons. The van der Waals surface area contributed by atoms with E-state index in [-0.39, 0.29) is 5.91 Å². The van der Waals surface area contributed by atoms with Crippen LogP contribution in [0.25, 0.3) is 10.2 Å². The fourth-order valence-electron chi connectivity index (χ4n) is 2.83. The first-order valence-corrected chi connectivity index (χ1v) is 10.5. The summed E-state index contributed by atoms with van der Waals surface area (Å²) in [6.45, 7) is 2.43. The zero-order valence-corrected chi connectivity index (χ0v) is 16.4. The van der Waals surface area contributed by atoms with Gasteiger partial charge in [-0.1, -0.05) is 42.5 Å². The monoisotopic (exact) mass is 394 g/mol. The fourth-order valence-corrected chi connectivity index (χ4v) is 4.59. The molecule has 0 fully saturated rings. The van der Waals surface area contributed by atoms with Crippen molar-refractivity contribution in [2.24, 2.45) is 0 Å². The number of thioether (sulfide) groups is 1. The predicted octanol–water partition coefficient (Wildman–Crippen LogP) is 5.85. The van der Waals surface area contributed by atoms with Gasteiger partial charge in [-0.25, -0.2) is 4.98 Å². The smallest absolute Gasteiger partial charge is 0.261 e. The third kappa shape index (κ3) is 3.77. The van der Waals surface area contributed by atoms with Crippen LogP contribution in [0.2, 0.25) is 0 Å². The maximum Gasteiger partial charge on any atom is 0.261 e. The molecule has 0 N–H and O–H groups in total. The Morgan fingerprint density at radius 3 is 2.70 bits per heavy atom. The van der Waals surface area contributed by atoms with Crippen molar-refractivity contribution in [1.29, 1.82) is 0 Å². The molecule has 0 aliphatic heterocycles. The summed E-state index contributed by atoms with van der Waals surface area (Å²) in [5.74, 6) is 1.56. The zero-order chi connectivity index (χ0) is 18.6. The van der Waals surface area contributed by atoms with Gasteiger partial charge in [0.1, 0.15) is 5.76 Å². The number of furan rings is 1. The summed E-state index contributed by atoms with van der Waals surface area (Å²) in [6, 6.07) is 19.4. The third-order valence-electron chi connectivity index (χ3n) is 4.07. The molecule has 0 bridgehead atoms. The van der Waals surface area contributed by atoms with E-state index in [1.807, 2.05) is 60.7 Å². The minimum Gasteiger partial charge on any atom is -0.467 e. The first-order chi connectivity index (χ1) is 13.3. The molecule has 6 heteroatoms. The summed E-state index contributed by atoms with van der Waals surface area (Å²) in [5.41, 5.74) is 1.58. The molecule has 0 atom stereocenters. The number of carbonyl (C=O) groups is 1. The number of nitrogens with zero attached hydrogens (tertiary/aromatic N) is 2. The van der Waals surface area contributed by atoms with Crippen LogP contribution < -0.4 is 4.90 Å². The van der Waals surface area contributed by atoms with Gasteiger partial charge in [0.15, 0.2) is 5.13 Å². The Labute approximate surface area is 165 Å². The summed E-state index contributed by atoms with van der Waals surface area (Å²) in [4.78, 5) is 20.9. The Bertz CT molecular complexity index is 1020. The van der Waals surface area contributed by atoms with E-state index in [0.29, 0.717) is 17.2 Å². The van der Waals surface area contributed by atoms with Gasteiger partial charge in [0.25, 0.3) is 5.91 Å². The standard InChI is InChI=1S/C21H18N2O2S2/c1-2-26-18-11-5-3-9-16(18)20(24)23(14-15-8-7-13-25-15)21-22-17-10-4-6-12-19(17)27-21/h3-13H,2,14H2,1H3. The second-order valence-electron chi connectivity index (χ2n) is 5.86. The van der Waals surface area contributed by atoms with E-state index < -0.39 is 0 Å². The highest BCUT2D eigenvalue weighted by Gasteiger charge is 2.24. The Kier molecular flexibility index (Phi) is 5.27. The van der Waals surface area contributed by atoms with Crippen LogP contribution in [0.5, 0.6) is 0 Å². The topological polar surface area (TPSA) is 46.3 Å². The molecule has 4 aromatic rings. The van der Waals surface area contributed by atoms with Crippen LogP contribution in [-0.2, 0) is 6.54 Å². The molecule has 4 rings (SSSR count). The van der Waals surface area contributed by atoms with Crippen molar-refractivity contribution >= 4 is 44.4 Å². The number of thiazole rings is 1. The van der Waals surface area contributed by atoms with Crippen molar-refractivity contribution in [2.45, 2.75) is 18.4 Å². The lowest BCUT2D eigenvalue weighted by Gasteiger charge is -2.20. The van der Waals surface area contributed by atoms with E-state index >= 15 is 0 Å². The van der Waals surface area contributed by atoms with E-state index in [1.54, 1.807) is 22.9 Å². The number of amides is 1. The normalized spacial score (nSPS) is 11.0. The Hall–Kier alpha value is -2.57. The van der Waals surface area contributed by atoms with Crippen molar-refractivity contribution in [3.05, 3.63) is 78.3 Å². The van der Waals surface area contributed by atoms with Gasteiger partial charge in [0.2, 0.25) is 0 Å². The summed E-state index contributed by atoms with van der Waals surface area (Å²) in [7, 11) is 0. The number of fused-ring (bicyclic) bond motifs is 1. The maximum atomic E-state index is 13.5. The fraction of sp³-hybridized carbons (Fsp3) is 0.143. The number of aromatic nitrogens is 1. The van der Waals surface area contributed by atoms with Gasteiger partial charge >= 0.3 is 0 Å². The van der Waals surface area contributed by atoms with E-state index in [4.69, 9.17) is 9.40 Å². The molecule has 136 valence electrons. The van der Waals surface area contributed by atoms with Crippen molar-refractivity contribution in [3.8, 4) is 0 Å². The molecule has 0 saturated heterocycles. The summed E-state index contributed by atoms with van der Waals surface area (Å²) < 4.78 is 6.56. The molecule has 1 amide bonds. The summed E-state index contributed by atoms with van der Waals surface area (Å²) in [5, 5.41) is 0.675. The van der Waals surface area contributed by atoms with Crippen LogP contribution >= 0.6 is 23.1 Å². The SMILES string of the molecule is CCSc1ccccc1C(=O)N(Cc1ccco1)c1nc2ccccc2s1. The molecular weight excluding hydrogens is 376 g/mol. The van der Waals surface area contributed by atoms with Crippen LogP contribution in [0, 0.1) is 0 Å². The van der Waals surface area contributed by atoms with E-state index in [2.05, 4.69) is 6.92 Å². The second-order valence-corrected chi connectivity index (χ2v) is 8.18. The molecular formula is C21H18N2O2S2. The van der Waals surface area contributed by atoms with Crippen molar-refractivity contribution in [2.75, 3.05) is 10.7 Å². The lowest BCUT2D eigenvalue weighted by molar-refractivity contribution is 0.0980. The summed E-state index contributed by atoms with van der Waals surface area (Å²) >= 11 is 3.18. The lowest BCUT2D eigenvalue weighted by atomic mass is 10.2. The number of carbonyl (C=O) groups excluding carboxylic acids is 1. The minimum absolute atomic E-state index is 0.0676. The van der Waals surface area contributed by atoms with Crippen LogP contribution in [0.4, 0.5) is 5.13 Å². The highest BCUT2D eigenvalue weighted by Crippen LogP contribution is 2.32. The number of benzene rings is 2. The molecule has 0 aliphatic rings. The molecule has 0 saturated carbocycles. The Morgan fingerprint density at radius 1 is 1.11 bits per heavy atom. The van der Waals surface area contributed by atoms with E-state index in [9.17, 15) is 4.79 Å². The predicted molar refractivity (Wildman–Crippen MR) is 112 cm³/mol. The van der Waals surface area contributed by atoms with Crippen LogP contribution in [-0.4, -0.2) is 16.6 Å². The minimum atomic E-state index is -0.0676. The lowest BCUT2D eigenvalue weighted by Crippen LogP contribution is -2.30. The van der Waals surface area contributed by atoms with Crippen LogP contribution in [0.3, 0.4) is 0 Å². The average molecular weight is 395 g/mol. The van der Waals surface area contributed by atoms with Crippen molar-refractivity contribution in [3.63, 3.8) is 0 Å². The number of rotatable bonds is 6. The molecule has 2 aromatic carbocycles. The molecule has 0 unspecified atom stereocenters. The summed E-state index contributed by atoms with van der Waals surface area (Å²) in [6.07, 6.45) is 1.62. The largest absolute Gasteiger partial charge is 0.467 e. The molecule has 4 nitrogen and oxygen atoms in total. The van der Waals surface area contributed by atoms with Crippen molar-refractivity contribution < 1.29 is 9.21 Å². The van der Waals surface area contributed by atoms with E-state index in [0.717, 1.165) is 26.6 Å². The van der Waals surface area contributed by atoms with E-state index in [1.165, 1.54) is 11.3 Å². The Balaban J connectivity index is 1.77. The molecule has 0 aliphatic carbocycles. The quantitative estimate of drug-likeness (QED) is 0.385. The van der Waals surface area contributed by atoms with Gasteiger partial charge < -0.3 is 4.42 Å². The molecule has 27 heavy (non-hydrogen) atoms. The van der Waals surface area contributed by atoms with Gasteiger partial charge in [0.05, 0.1) is 28.6 Å². The highest BCUT2D eigenvalue weighted by molar-refractivity contribution is 7.99. The van der Waals surface area contributed by atoms with Gasteiger partial charge in [-0.05, 0) is 42.2 Å². The average Bonchev–Trinajstić information content (AvgIpc) is 3.35. The van der Waals surface area contributed by atoms with Gasteiger partial charge in [-0.3, -0.25) is 9.69 Å². The first kappa shape index (κ1) is 17.8. The van der Waals surface area contributed by atoms with Gasteiger partial charge in [-0.2, -0.15) is 0 Å². The number of hydrogen-bond acceptors (Lipinski definition) is 5. The van der Waals surface area contributed by atoms with Gasteiger partial charge in [0, 0.05) is 4.90 Å². The van der Waals surface area contributed by atoms with Crippen LogP contribution in [0.1, 0.15) is 23.0 Å². The maximum absolute atomic E-state index is 13.5. The van der Waals surface area contributed by atoms with Crippen LogP contribution in [0.15, 0.2) is 76.2 Å². The molecule has 0 spiro atoms. The number of para-hydroxylation sites is 1. The first-order valence-electron chi connectivity index (χ1n) is 8.68. The van der Waals surface area contributed by atoms with Crippen molar-refractivity contribution in [1.82, 2.24) is 4.98 Å². The number of hydrogen-bond donors (Lipinski definition) is 0. The third-order valence-corrected chi connectivity index (χ3v) is 6.09. The zero-order valence-electron chi connectivity index (χ0n) is 14.8. The van der Waals surface area contributed by atoms with Gasteiger partial charge in [-0.15, -0.1) is 11.8 Å². The Morgan fingerprint density at radius 2 is 1.93 bits per heavy atom. The number of anilines is 1.